The molecule has 0 bridgehead atoms. The van der Waals surface area contributed by atoms with E-state index in [9.17, 15) is 4.79 Å². The van der Waals surface area contributed by atoms with E-state index in [0.29, 0.717) is 41.2 Å². The molecule has 0 atom stereocenters. The summed E-state index contributed by atoms with van der Waals surface area (Å²) in [6.07, 6.45) is 3.96. The lowest BCUT2D eigenvalue weighted by molar-refractivity contribution is -0.116. The molecule has 0 saturated heterocycles. The summed E-state index contributed by atoms with van der Waals surface area (Å²) in [5, 5.41) is 3.26. The van der Waals surface area contributed by atoms with E-state index in [0.717, 1.165) is 17.5 Å². The number of hydrogen-bond donors (Lipinski definition) is 1. The van der Waals surface area contributed by atoms with Crippen molar-refractivity contribution in [1.82, 2.24) is 5.32 Å². The van der Waals surface area contributed by atoms with Crippen LogP contribution in [0, 0.1) is 0 Å². The van der Waals surface area contributed by atoms with Crippen molar-refractivity contribution in [2.24, 2.45) is 0 Å². The van der Waals surface area contributed by atoms with Crippen LogP contribution in [0.2, 0.25) is 5.02 Å². The summed E-state index contributed by atoms with van der Waals surface area (Å²) in [6.45, 7) is 2.86. The van der Waals surface area contributed by atoms with Gasteiger partial charge in [0.15, 0.2) is 11.5 Å². The Morgan fingerprint density at radius 3 is 2.48 bits per heavy atom. The highest BCUT2D eigenvalue weighted by Gasteiger charge is 2.11. The molecule has 1 N–H and O–H groups in total. The molecule has 0 aliphatic carbocycles. The zero-order valence-corrected chi connectivity index (χ0v) is 17.8. The number of carbonyl (C=O) groups excluding carboxylic acids is 1. The monoisotopic (exact) mass is 419 g/mol. The van der Waals surface area contributed by atoms with E-state index in [1.165, 1.54) is 6.08 Å². The highest BCUT2D eigenvalue weighted by atomic mass is 35.5. The molecule has 0 saturated carbocycles. The van der Waals surface area contributed by atoms with E-state index in [-0.39, 0.29) is 5.91 Å². The number of benzene rings is 2. The topological polar surface area (TPSA) is 66.0 Å². The molecular formula is C22H26ClNO5. The molecule has 0 unspecified atom stereocenters. The first kappa shape index (κ1) is 22.4. The second-order valence-electron chi connectivity index (χ2n) is 6.11. The highest BCUT2D eigenvalue weighted by Crippen LogP contribution is 2.36. The summed E-state index contributed by atoms with van der Waals surface area (Å²) < 4.78 is 21.5. The van der Waals surface area contributed by atoms with Crippen LogP contribution in [0.1, 0.15) is 24.5 Å². The van der Waals surface area contributed by atoms with Crippen molar-refractivity contribution < 1.29 is 23.7 Å². The van der Waals surface area contributed by atoms with Crippen molar-refractivity contribution in [3.63, 3.8) is 0 Å². The van der Waals surface area contributed by atoms with Crippen LogP contribution in [0.3, 0.4) is 0 Å². The second-order valence-corrected chi connectivity index (χ2v) is 6.52. The number of carbonyl (C=O) groups is 1. The van der Waals surface area contributed by atoms with Gasteiger partial charge in [0.05, 0.1) is 33.0 Å². The Morgan fingerprint density at radius 2 is 1.83 bits per heavy atom. The van der Waals surface area contributed by atoms with Crippen LogP contribution in [0.25, 0.3) is 6.08 Å². The third-order valence-electron chi connectivity index (χ3n) is 4.07. The summed E-state index contributed by atoms with van der Waals surface area (Å²) in [7, 11) is 4.72. The van der Waals surface area contributed by atoms with E-state index in [2.05, 4.69) is 5.32 Å². The fourth-order valence-electron chi connectivity index (χ4n) is 2.61. The molecule has 0 heterocycles. The number of amides is 1. The lowest BCUT2D eigenvalue weighted by atomic mass is 10.1. The molecule has 0 aromatic heterocycles. The van der Waals surface area contributed by atoms with Crippen LogP contribution >= 0.6 is 11.6 Å². The minimum Gasteiger partial charge on any atom is -0.497 e. The molecule has 29 heavy (non-hydrogen) atoms. The summed E-state index contributed by atoms with van der Waals surface area (Å²) in [4.78, 5) is 12.2. The van der Waals surface area contributed by atoms with Gasteiger partial charge in [-0.3, -0.25) is 4.79 Å². The minimum atomic E-state index is -0.253. The Bertz CT molecular complexity index is 867. The van der Waals surface area contributed by atoms with Crippen molar-refractivity contribution in [2.45, 2.75) is 19.9 Å². The van der Waals surface area contributed by atoms with E-state index in [4.69, 9.17) is 30.5 Å². The molecule has 2 aromatic carbocycles. The molecule has 2 aromatic rings. The Labute approximate surface area is 176 Å². The second kappa shape index (κ2) is 11.2. The number of hydrogen-bond acceptors (Lipinski definition) is 5. The van der Waals surface area contributed by atoms with Crippen LogP contribution in [-0.4, -0.2) is 33.8 Å². The van der Waals surface area contributed by atoms with Gasteiger partial charge in [0.2, 0.25) is 5.91 Å². The standard InChI is InChI=1S/C22H26ClNO5/c1-5-10-29-22-18(23)11-15(12-20(22)28-4)6-9-21(25)24-14-16-13-17(26-2)7-8-19(16)27-3/h6-9,11-13H,5,10,14H2,1-4H3,(H,24,25)/b9-6+. The smallest absolute Gasteiger partial charge is 0.244 e. The summed E-state index contributed by atoms with van der Waals surface area (Å²) in [5.41, 5.74) is 1.54. The number of rotatable bonds is 10. The molecule has 0 spiro atoms. The van der Waals surface area contributed by atoms with Crippen LogP contribution in [0.5, 0.6) is 23.0 Å². The Balaban J connectivity index is 2.06. The predicted molar refractivity (Wildman–Crippen MR) is 114 cm³/mol. The van der Waals surface area contributed by atoms with Gasteiger partial charge in [-0.1, -0.05) is 18.5 Å². The fraction of sp³-hybridized carbons (Fsp3) is 0.318. The predicted octanol–water partition coefficient (Wildman–Crippen LogP) is 4.48. The Morgan fingerprint density at radius 1 is 1.07 bits per heavy atom. The normalized spacial score (nSPS) is 10.7. The average molecular weight is 420 g/mol. The third kappa shape index (κ3) is 6.32. The average Bonchev–Trinajstić information content (AvgIpc) is 2.74. The first-order valence-corrected chi connectivity index (χ1v) is 9.57. The lowest BCUT2D eigenvalue weighted by Crippen LogP contribution is -2.20. The number of methoxy groups -OCH3 is 3. The molecular weight excluding hydrogens is 394 g/mol. The quantitative estimate of drug-likeness (QED) is 0.575. The first-order chi connectivity index (χ1) is 14.0. The van der Waals surface area contributed by atoms with Crippen molar-refractivity contribution >= 4 is 23.6 Å². The van der Waals surface area contributed by atoms with Gasteiger partial charge < -0.3 is 24.3 Å². The Hall–Kier alpha value is -2.86. The third-order valence-corrected chi connectivity index (χ3v) is 4.35. The largest absolute Gasteiger partial charge is 0.497 e. The van der Waals surface area contributed by atoms with Crippen molar-refractivity contribution in [2.75, 3.05) is 27.9 Å². The van der Waals surface area contributed by atoms with Gasteiger partial charge in [-0.2, -0.15) is 0 Å². The summed E-state index contributed by atoms with van der Waals surface area (Å²) in [6, 6.07) is 8.92. The maximum atomic E-state index is 12.2. The molecule has 7 heteroatoms. The van der Waals surface area contributed by atoms with E-state index >= 15 is 0 Å². The zero-order chi connectivity index (χ0) is 21.2. The van der Waals surface area contributed by atoms with Gasteiger partial charge >= 0.3 is 0 Å². The molecule has 0 aliphatic heterocycles. The SMILES string of the molecule is CCCOc1c(Cl)cc(/C=C/C(=O)NCc2cc(OC)ccc2OC)cc1OC. The van der Waals surface area contributed by atoms with Crippen molar-refractivity contribution in [3.05, 3.63) is 52.6 Å². The van der Waals surface area contributed by atoms with Crippen LogP contribution < -0.4 is 24.3 Å². The number of halogens is 1. The van der Waals surface area contributed by atoms with Gasteiger partial charge in [-0.05, 0) is 48.4 Å². The molecule has 1 amide bonds. The molecule has 0 aliphatic rings. The maximum absolute atomic E-state index is 12.2. The zero-order valence-electron chi connectivity index (χ0n) is 17.1. The number of ether oxygens (including phenoxy) is 4. The number of nitrogens with one attached hydrogen (secondary N) is 1. The Kier molecular flexibility index (Phi) is 8.68. The molecule has 6 nitrogen and oxygen atoms in total. The minimum absolute atomic E-state index is 0.253. The molecule has 0 fully saturated rings. The lowest BCUT2D eigenvalue weighted by Gasteiger charge is -2.12. The summed E-state index contributed by atoms with van der Waals surface area (Å²) >= 11 is 6.30. The fourth-order valence-corrected chi connectivity index (χ4v) is 2.89. The van der Waals surface area contributed by atoms with Gasteiger partial charge in [0.1, 0.15) is 11.5 Å². The van der Waals surface area contributed by atoms with E-state index in [1.807, 2.05) is 13.0 Å². The van der Waals surface area contributed by atoms with Gasteiger partial charge in [0, 0.05) is 18.2 Å². The van der Waals surface area contributed by atoms with E-state index < -0.39 is 0 Å². The molecule has 0 radical (unpaired) electrons. The van der Waals surface area contributed by atoms with Crippen molar-refractivity contribution in [3.8, 4) is 23.0 Å². The van der Waals surface area contributed by atoms with Crippen LogP contribution in [0.15, 0.2) is 36.4 Å². The van der Waals surface area contributed by atoms with Gasteiger partial charge in [-0.25, -0.2) is 0 Å². The van der Waals surface area contributed by atoms with Gasteiger partial charge in [0.25, 0.3) is 0 Å². The maximum Gasteiger partial charge on any atom is 0.244 e. The van der Waals surface area contributed by atoms with E-state index in [1.54, 1.807) is 51.7 Å². The molecule has 156 valence electrons. The van der Waals surface area contributed by atoms with Crippen molar-refractivity contribution in [1.29, 1.82) is 0 Å². The molecule has 2 rings (SSSR count). The highest BCUT2D eigenvalue weighted by molar-refractivity contribution is 6.32. The first-order valence-electron chi connectivity index (χ1n) is 9.19. The van der Waals surface area contributed by atoms with Gasteiger partial charge in [-0.15, -0.1) is 0 Å². The van der Waals surface area contributed by atoms with Crippen LogP contribution in [-0.2, 0) is 11.3 Å². The van der Waals surface area contributed by atoms with Crippen LogP contribution in [0.4, 0.5) is 0 Å². The summed E-state index contributed by atoms with van der Waals surface area (Å²) in [5.74, 6) is 2.14.